The zero-order valence-corrected chi connectivity index (χ0v) is 11.0. The van der Waals surface area contributed by atoms with E-state index in [0.29, 0.717) is 0 Å². The van der Waals surface area contributed by atoms with Crippen LogP contribution in [0.3, 0.4) is 0 Å². The first kappa shape index (κ1) is 16.7. The molecule has 0 bridgehead atoms. The Labute approximate surface area is 87.3 Å². The van der Waals surface area contributed by atoms with E-state index >= 15 is 0 Å². The summed E-state index contributed by atoms with van der Waals surface area (Å²) in [6.45, 7) is 7.01. The maximum atomic E-state index is 2.38. The predicted octanol–water partition coefficient (Wildman–Crippen LogP) is 2.99. The van der Waals surface area contributed by atoms with Gasteiger partial charge in [0.05, 0.1) is 0 Å². The Morgan fingerprint density at radius 1 is 1.22 bits per heavy atom. The number of hydrogen-bond donors (Lipinski definition) is 0. The fourth-order valence-electron chi connectivity index (χ4n) is 0.530. The summed E-state index contributed by atoms with van der Waals surface area (Å²) < 4.78 is 0. The Kier molecular flexibility index (Phi) is 22.4. The molecule has 0 atom stereocenters. The molecule has 0 heterocycles. The topological polar surface area (TPSA) is 0 Å². The van der Waals surface area contributed by atoms with Crippen molar-refractivity contribution in [3.8, 4) is 0 Å². The minimum Gasteiger partial charge on any atom is -0.358 e. The second-order valence-corrected chi connectivity index (χ2v) is 5.22. The third-order valence-corrected chi connectivity index (χ3v) is 2.38. The van der Waals surface area contributed by atoms with Gasteiger partial charge in [-0.05, 0) is 0 Å². The van der Waals surface area contributed by atoms with Crippen LogP contribution >= 0.6 is 0 Å². The quantitative estimate of drug-likeness (QED) is 0.505. The largest absolute Gasteiger partial charge is 0.358 e. The van der Waals surface area contributed by atoms with Crippen LogP contribution in [0.15, 0.2) is 0 Å². The molecule has 0 unspecified atom stereocenters. The second kappa shape index (κ2) is 12.0. The van der Waals surface area contributed by atoms with E-state index in [4.69, 9.17) is 0 Å². The molecule has 9 heavy (non-hydrogen) atoms. The molecule has 0 aliphatic rings. The average molecular weight is 219 g/mol. The summed E-state index contributed by atoms with van der Waals surface area (Å²) in [7, 11) is 0.103. The molecule has 54 valence electrons. The molecule has 0 fully saturated rings. The van der Waals surface area contributed by atoms with Crippen molar-refractivity contribution >= 4 is 8.80 Å². The van der Waals surface area contributed by atoms with Crippen LogP contribution in [-0.2, 0) is 32.7 Å². The predicted molar refractivity (Wildman–Crippen MR) is 43.6 cm³/mol. The zero-order valence-electron chi connectivity index (χ0n) is 7.20. The van der Waals surface area contributed by atoms with Crippen LogP contribution in [0.1, 0.15) is 19.8 Å². The number of unbranched alkanes of at least 4 members (excludes halogenated alkanes) is 1. The Bertz CT molecular complexity index is 37.9. The zero-order chi connectivity index (χ0) is 5.70. The van der Waals surface area contributed by atoms with Crippen LogP contribution in [0.2, 0.25) is 19.1 Å². The van der Waals surface area contributed by atoms with Gasteiger partial charge in [0, 0.05) is 41.5 Å². The molecule has 0 N–H and O–H groups in total. The SMILES string of the molecule is CCCC[Si](C)C.[CH3-].[Y]. The fraction of sp³-hybridized carbons (Fsp3) is 0.857. The first-order valence-electron chi connectivity index (χ1n) is 3.06. The molecule has 0 aromatic carbocycles. The standard InChI is InChI=1S/C6H15Si.CH3.Y/c1-4-5-6-7(2)3;;/h4-6H2,1-3H3;1H3;/q;-1;. The summed E-state index contributed by atoms with van der Waals surface area (Å²) in [5.41, 5.74) is 0. The van der Waals surface area contributed by atoms with E-state index in [2.05, 4.69) is 20.0 Å². The van der Waals surface area contributed by atoms with Gasteiger partial charge >= 0.3 is 0 Å². The number of rotatable bonds is 3. The molecule has 0 nitrogen and oxygen atoms in total. The second-order valence-electron chi connectivity index (χ2n) is 2.31. The summed E-state index contributed by atoms with van der Waals surface area (Å²) in [5.74, 6) is 0. The van der Waals surface area contributed by atoms with Gasteiger partial charge in [-0.1, -0.05) is 38.9 Å². The van der Waals surface area contributed by atoms with E-state index in [9.17, 15) is 0 Å². The van der Waals surface area contributed by atoms with Crippen LogP contribution in [0, 0.1) is 7.43 Å². The molecule has 0 aromatic heterocycles. The third-order valence-electron chi connectivity index (χ3n) is 1.03. The van der Waals surface area contributed by atoms with Crippen LogP contribution in [-0.4, -0.2) is 8.80 Å². The summed E-state index contributed by atoms with van der Waals surface area (Å²) >= 11 is 0. The Morgan fingerprint density at radius 3 is 1.78 bits per heavy atom. The summed E-state index contributed by atoms with van der Waals surface area (Å²) in [6.07, 6.45) is 2.82. The van der Waals surface area contributed by atoms with Gasteiger partial charge in [-0.3, -0.25) is 0 Å². The molecule has 2 heteroatoms. The summed E-state index contributed by atoms with van der Waals surface area (Å²) in [6, 6.07) is 1.50. The molecule has 0 saturated heterocycles. The molecule has 0 aromatic rings. The Balaban J connectivity index is -0.000000180. The van der Waals surface area contributed by atoms with Crippen molar-refractivity contribution < 1.29 is 32.7 Å². The fourth-order valence-corrected chi connectivity index (χ4v) is 1.59. The van der Waals surface area contributed by atoms with Crippen molar-refractivity contribution in [3.05, 3.63) is 7.43 Å². The number of hydrogen-bond acceptors (Lipinski definition) is 0. The molecule has 0 spiro atoms. The van der Waals surface area contributed by atoms with Gasteiger partial charge in [0.1, 0.15) is 0 Å². The van der Waals surface area contributed by atoms with Crippen molar-refractivity contribution in [1.82, 2.24) is 0 Å². The normalized spacial score (nSPS) is 8.00. The van der Waals surface area contributed by atoms with E-state index in [-0.39, 0.29) is 48.9 Å². The first-order chi connectivity index (χ1) is 3.27. The van der Waals surface area contributed by atoms with E-state index in [1.165, 1.54) is 18.9 Å². The van der Waals surface area contributed by atoms with Gasteiger partial charge in [0.25, 0.3) is 0 Å². The van der Waals surface area contributed by atoms with Crippen molar-refractivity contribution in [3.63, 3.8) is 0 Å². The Morgan fingerprint density at radius 2 is 1.67 bits per heavy atom. The van der Waals surface area contributed by atoms with E-state index in [1.54, 1.807) is 0 Å². The van der Waals surface area contributed by atoms with Crippen LogP contribution < -0.4 is 0 Å². The summed E-state index contributed by atoms with van der Waals surface area (Å²) in [5, 5.41) is 0. The third kappa shape index (κ3) is 17.6. The van der Waals surface area contributed by atoms with Crippen LogP contribution in [0.4, 0.5) is 0 Å². The minimum absolute atomic E-state index is 0. The van der Waals surface area contributed by atoms with Gasteiger partial charge in [0.2, 0.25) is 0 Å². The van der Waals surface area contributed by atoms with Crippen molar-refractivity contribution in [2.45, 2.75) is 38.9 Å². The maximum absolute atomic E-state index is 2.38. The molecule has 0 saturated carbocycles. The smallest absolute Gasteiger partial charge is 0.0412 e. The van der Waals surface area contributed by atoms with Gasteiger partial charge in [-0.25, -0.2) is 0 Å². The maximum Gasteiger partial charge on any atom is 0.0412 e. The van der Waals surface area contributed by atoms with Crippen molar-refractivity contribution in [2.75, 3.05) is 0 Å². The molecular formula is C7H18SiY-. The molecule has 0 aliphatic carbocycles. The van der Waals surface area contributed by atoms with Crippen molar-refractivity contribution in [2.24, 2.45) is 0 Å². The monoisotopic (exact) mass is 219 g/mol. The van der Waals surface area contributed by atoms with Crippen molar-refractivity contribution in [1.29, 1.82) is 0 Å². The molecule has 2 radical (unpaired) electrons. The molecular weight excluding hydrogens is 201 g/mol. The van der Waals surface area contributed by atoms with Gasteiger partial charge in [-0.2, -0.15) is 0 Å². The van der Waals surface area contributed by atoms with Gasteiger partial charge < -0.3 is 7.43 Å². The summed E-state index contributed by atoms with van der Waals surface area (Å²) in [4.78, 5) is 0. The van der Waals surface area contributed by atoms with E-state index in [1.807, 2.05) is 0 Å². The van der Waals surface area contributed by atoms with Gasteiger partial charge in [-0.15, -0.1) is 0 Å². The van der Waals surface area contributed by atoms with E-state index < -0.39 is 0 Å². The first-order valence-corrected chi connectivity index (χ1v) is 5.77. The Hall–Kier alpha value is 1.32. The van der Waals surface area contributed by atoms with Crippen LogP contribution in [0.5, 0.6) is 0 Å². The van der Waals surface area contributed by atoms with Gasteiger partial charge in [0.15, 0.2) is 0 Å². The average Bonchev–Trinajstić information content (AvgIpc) is 1.61. The molecule has 0 aliphatic heterocycles. The van der Waals surface area contributed by atoms with E-state index in [0.717, 1.165) is 0 Å². The molecule has 0 rings (SSSR count). The minimum atomic E-state index is 0. The molecule has 0 amide bonds. The van der Waals surface area contributed by atoms with Crippen LogP contribution in [0.25, 0.3) is 0 Å².